The molecular formula is C31H52N4O10S2. The molecule has 3 unspecified atom stereocenters. The third-order valence-electron chi connectivity index (χ3n) is 7.37. The van der Waals surface area contributed by atoms with E-state index in [9.17, 15) is 9.59 Å². The normalized spacial score (nSPS) is 15.0. The molecule has 0 radical (unpaired) electrons. The summed E-state index contributed by atoms with van der Waals surface area (Å²) in [7, 11) is 2.91. The van der Waals surface area contributed by atoms with E-state index in [1.165, 1.54) is 14.2 Å². The number of methoxy groups -OCH3 is 2. The quantitative estimate of drug-likeness (QED) is 0.307. The minimum Gasteiger partial charge on any atom is -0.469 e. The maximum atomic E-state index is 12.8. The van der Waals surface area contributed by atoms with Gasteiger partial charge in [0.25, 0.3) is 0 Å². The predicted molar refractivity (Wildman–Crippen MR) is 178 cm³/mol. The van der Waals surface area contributed by atoms with Gasteiger partial charge >= 0.3 is 30.4 Å². The lowest BCUT2D eigenvalue weighted by atomic mass is 10.1. The van der Waals surface area contributed by atoms with E-state index < -0.39 is 0 Å². The largest absolute Gasteiger partial charge is 0.469 e. The average molecular weight is 705 g/mol. The van der Waals surface area contributed by atoms with E-state index in [0.29, 0.717) is 19.0 Å². The van der Waals surface area contributed by atoms with Gasteiger partial charge in [-0.2, -0.15) is 55.8 Å². The second kappa shape index (κ2) is 32.7. The fourth-order valence-corrected chi connectivity index (χ4v) is 5.06. The monoisotopic (exact) mass is 704 g/mol. The van der Waals surface area contributed by atoms with E-state index in [2.05, 4.69) is 60.6 Å². The fourth-order valence-electron chi connectivity index (χ4n) is 5.06. The highest BCUT2D eigenvalue weighted by atomic mass is 32.1. The maximum absolute atomic E-state index is 12.8. The zero-order valence-corrected chi connectivity index (χ0v) is 30.3. The van der Waals surface area contributed by atoms with Gasteiger partial charge in [-0.1, -0.05) is 32.8 Å². The number of nitrogens with zero attached hydrogens (tertiary/aromatic N) is 4. The molecule has 268 valence electrons. The summed E-state index contributed by atoms with van der Waals surface area (Å²) < 4.78 is 10.1. The standard InChI is InChI=1S/C28H48N4O4.3CO2.2H2S/c1-7-10-22(3)31-18-16-30(23(4)14-15-27(33)35-5)17-19-32(26(11-8-2)28(34)36-6)21-25-13-9-12-24(20-31)29-25;3*2-1-3;;/h9,12-13,22-23,26H,7-8,10-11,14-21H2,1-6H3;;;;2*1H2. The van der Waals surface area contributed by atoms with E-state index in [4.69, 9.17) is 43.2 Å². The molecule has 16 heteroatoms. The molecule has 1 aliphatic heterocycles. The molecule has 1 aromatic rings. The zero-order chi connectivity index (χ0) is 34.6. The summed E-state index contributed by atoms with van der Waals surface area (Å²) in [6, 6.07) is 6.61. The Morgan fingerprint density at radius 2 is 1.15 bits per heavy atom. The van der Waals surface area contributed by atoms with Crippen molar-refractivity contribution in [3.63, 3.8) is 0 Å². The van der Waals surface area contributed by atoms with Crippen molar-refractivity contribution < 1.29 is 47.8 Å². The number of hydrogen-bond acceptors (Lipinski definition) is 14. The first-order valence-electron chi connectivity index (χ1n) is 14.9. The lowest BCUT2D eigenvalue weighted by Gasteiger charge is -2.37. The van der Waals surface area contributed by atoms with Gasteiger partial charge < -0.3 is 9.47 Å². The number of rotatable bonds is 11. The lowest BCUT2D eigenvalue weighted by molar-refractivity contribution is -0.193. The molecule has 2 rings (SSSR count). The second-order valence-corrected chi connectivity index (χ2v) is 10.3. The molecule has 1 aromatic heterocycles. The molecule has 14 nitrogen and oxygen atoms in total. The first-order valence-corrected chi connectivity index (χ1v) is 14.9. The van der Waals surface area contributed by atoms with Crippen molar-refractivity contribution in [2.24, 2.45) is 0 Å². The van der Waals surface area contributed by atoms with Crippen LogP contribution in [0.25, 0.3) is 0 Å². The highest BCUT2D eigenvalue weighted by Crippen LogP contribution is 2.18. The van der Waals surface area contributed by atoms with Crippen molar-refractivity contribution in [3.8, 4) is 0 Å². The van der Waals surface area contributed by atoms with E-state index in [1.807, 2.05) is 0 Å². The van der Waals surface area contributed by atoms with Crippen molar-refractivity contribution >= 4 is 57.4 Å². The van der Waals surface area contributed by atoms with Crippen LogP contribution in [0.3, 0.4) is 0 Å². The van der Waals surface area contributed by atoms with E-state index in [0.717, 1.165) is 76.2 Å². The average Bonchev–Trinajstić information content (AvgIpc) is 3.01. The van der Waals surface area contributed by atoms with Crippen LogP contribution < -0.4 is 0 Å². The number of esters is 2. The Morgan fingerprint density at radius 3 is 1.60 bits per heavy atom. The number of aromatic nitrogens is 1. The summed E-state index contributed by atoms with van der Waals surface area (Å²) >= 11 is 0. The molecule has 0 aliphatic carbocycles. The molecule has 2 heterocycles. The van der Waals surface area contributed by atoms with Crippen LogP contribution in [0.1, 0.15) is 77.6 Å². The summed E-state index contributed by atoms with van der Waals surface area (Å²) in [6.07, 6.45) is 5.82. The molecular weight excluding hydrogens is 652 g/mol. The molecule has 1 aliphatic rings. The zero-order valence-electron chi connectivity index (χ0n) is 28.3. The highest BCUT2D eigenvalue weighted by Gasteiger charge is 2.28. The van der Waals surface area contributed by atoms with E-state index >= 15 is 0 Å². The van der Waals surface area contributed by atoms with Gasteiger partial charge in [0.2, 0.25) is 0 Å². The third-order valence-corrected chi connectivity index (χ3v) is 7.37. The van der Waals surface area contributed by atoms with Gasteiger partial charge in [0, 0.05) is 57.8 Å². The van der Waals surface area contributed by atoms with Gasteiger partial charge in [0.05, 0.1) is 25.6 Å². The molecule has 0 saturated heterocycles. The summed E-state index contributed by atoms with van der Waals surface area (Å²) in [4.78, 5) is 85.5. The Bertz CT molecular complexity index is 1050. The third kappa shape index (κ3) is 22.9. The van der Waals surface area contributed by atoms with Gasteiger partial charge in [0.15, 0.2) is 0 Å². The molecule has 0 fully saturated rings. The first-order chi connectivity index (χ1) is 21.6. The minimum absolute atomic E-state index is 0. The van der Waals surface area contributed by atoms with Crippen LogP contribution >= 0.6 is 27.0 Å². The second-order valence-electron chi connectivity index (χ2n) is 10.3. The van der Waals surface area contributed by atoms with Gasteiger partial charge in [-0.25, -0.2) is 0 Å². The highest BCUT2D eigenvalue weighted by molar-refractivity contribution is 7.59. The lowest BCUT2D eigenvalue weighted by Crippen LogP contribution is -2.49. The fraction of sp³-hybridized carbons (Fsp3) is 0.677. The topological polar surface area (TPSA) is 178 Å². The van der Waals surface area contributed by atoms with Crippen LogP contribution in [0.2, 0.25) is 0 Å². The summed E-state index contributed by atoms with van der Waals surface area (Å²) in [5.41, 5.74) is 2.04. The van der Waals surface area contributed by atoms with Crippen molar-refractivity contribution in [1.82, 2.24) is 19.7 Å². The predicted octanol–water partition coefficient (Wildman–Crippen LogP) is 2.35. The van der Waals surface area contributed by atoms with Crippen LogP contribution in [-0.4, -0.2) is 109 Å². The van der Waals surface area contributed by atoms with Gasteiger partial charge in [-0.05, 0) is 45.2 Å². The van der Waals surface area contributed by atoms with Crippen molar-refractivity contribution in [2.45, 2.75) is 97.4 Å². The Kier molecular flexibility index (Phi) is 35.3. The number of carbonyl (C=O) groups excluding carboxylic acids is 8. The van der Waals surface area contributed by atoms with Crippen molar-refractivity contribution in [3.05, 3.63) is 29.6 Å². The van der Waals surface area contributed by atoms with E-state index in [1.54, 1.807) is 0 Å². The number of carbonyl (C=O) groups is 2. The summed E-state index contributed by atoms with van der Waals surface area (Å²) in [5.74, 6) is -0.362. The molecule has 0 amide bonds. The minimum atomic E-state index is -0.304. The Hall–Kier alpha value is -3.19. The molecule has 47 heavy (non-hydrogen) atoms. The Morgan fingerprint density at radius 1 is 0.723 bits per heavy atom. The first kappa shape index (κ1) is 50.7. The van der Waals surface area contributed by atoms with Crippen molar-refractivity contribution in [1.29, 1.82) is 0 Å². The van der Waals surface area contributed by atoms with Gasteiger partial charge in [-0.3, -0.25) is 29.3 Å². The smallest absolute Gasteiger partial charge is 0.373 e. The van der Waals surface area contributed by atoms with Crippen LogP contribution in [-0.2, 0) is 60.9 Å². The number of ether oxygens (including phenoxy) is 2. The summed E-state index contributed by atoms with van der Waals surface area (Å²) in [6.45, 7) is 13.6. The number of pyridine rings is 1. The van der Waals surface area contributed by atoms with Gasteiger partial charge in [-0.15, -0.1) is 0 Å². The van der Waals surface area contributed by atoms with E-state index in [-0.39, 0.29) is 69.5 Å². The number of fused-ring (bicyclic) bond motifs is 2. The van der Waals surface area contributed by atoms with Crippen LogP contribution in [0, 0.1) is 0 Å². The van der Waals surface area contributed by atoms with Crippen LogP contribution in [0.4, 0.5) is 0 Å². The van der Waals surface area contributed by atoms with Crippen LogP contribution in [0.15, 0.2) is 18.2 Å². The molecule has 0 aromatic carbocycles. The molecule has 0 N–H and O–H groups in total. The van der Waals surface area contributed by atoms with Gasteiger partial charge in [0.1, 0.15) is 6.04 Å². The summed E-state index contributed by atoms with van der Waals surface area (Å²) in [5, 5.41) is 0. The van der Waals surface area contributed by atoms with Crippen molar-refractivity contribution in [2.75, 3.05) is 40.4 Å². The molecule has 2 bridgehead atoms. The Balaban J connectivity index is -0.000000752. The Labute approximate surface area is 291 Å². The molecule has 0 spiro atoms. The van der Waals surface area contributed by atoms with Crippen LogP contribution in [0.5, 0.6) is 0 Å². The SMILES string of the molecule is CCCC(C)N1CCN(C(C)CCC(=O)OC)CCN(C(CCC)C(=O)OC)Cc2cccc(n2)C1.O=C=O.O=C=O.O=C=O.S.S. The molecule has 0 saturated carbocycles. The maximum Gasteiger partial charge on any atom is 0.373 e. The number of hydrogen-bond donors (Lipinski definition) is 0. The molecule has 3 atom stereocenters.